The number of fused-ring (bicyclic) bond motifs is 1. The van der Waals surface area contributed by atoms with Crippen molar-refractivity contribution in [2.24, 2.45) is 0 Å². The van der Waals surface area contributed by atoms with E-state index in [1.165, 1.54) is 5.56 Å². The van der Waals surface area contributed by atoms with Gasteiger partial charge in [-0.1, -0.05) is 42.5 Å². The molecule has 0 fully saturated rings. The van der Waals surface area contributed by atoms with E-state index in [1.54, 1.807) is 13.8 Å². The molecule has 1 aliphatic rings. The lowest BCUT2D eigenvalue weighted by molar-refractivity contribution is -0.130. The van der Waals surface area contributed by atoms with Crippen molar-refractivity contribution in [2.75, 3.05) is 0 Å². The van der Waals surface area contributed by atoms with Gasteiger partial charge in [-0.2, -0.15) is 0 Å². The van der Waals surface area contributed by atoms with Gasteiger partial charge in [0.15, 0.2) is 11.8 Å². The molecule has 0 saturated heterocycles. The minimum atomic E-state index is -0.942. The van der Waals surface area contributed by atoms with Gasteiger partial charge in [-0.25, -0.2) is 9.78 Å². The minimum absolute atomic E-state index is 0.0675. The van der Waals surface area contributed by atoms with Crippen LogP contribution >= 0.6 is 0 Å². The van der Waals surface area contributed by atoms with E-state index in [-0.39, 0.29) is 17.6 Å². The zero-order valence-corrected chi connectivity index (χ0v) is 17.1. The van der Waals surface area contributed by atoms with Crippen molar-refractivity contribution in [1.82, 2.24) is 10.3 Å². The Morgan fingerprint density at radius 3 is 2.67 bits per heavy atom. The number of hydrogen-bond donors (Lipinski definition) is 1. The average Bonchev–Trinajstić information content (AvgIpc) is 3.16. The summed E-state index contributed by atoms with van der Waals surface area (Å²) in [6.07, 6.45) is 1.95. The van der Waals surface area contributed by atoms with Crippen LogP contribution in [0.15, 0.2) is 59.0 Å². The van der Waals surface area contributed by atoms with Gasteiger partial charge in [-0.15, -0.1) is 0 Å². The van der Waals surface area contributed by atoms with Gasteiger partial charge in [-0.05, 0) is 56.4 Å². The molecule has 0 aliphatic heterocycles. The summed E-state index contributed by atoms with van der Waals surface area (Å²) in [5.74, 6) is -0.303. The molecule has 0 radical (unpaired) electrons. The third kappa shape index (κ3) is 4.13. The summed E-state index contributed by atoms with van der Waals surface area (Å²) in [6, 6.07) is 17.4. The Morgan fingerprint density at radius 2 is 1.87 bits per heavy atom. The van der Waals surface area contributed by atoms with E-state index in [9.17, 15) is 9.59 Å². The zero-order valence-electron chi connectivity index (χ0n) is 17.1. The molecular weight excluding hydrogens is 380 g/mol. The first-order valence-corrected chi connectivity index (χ1v) is 10.1. The fourth-order valence-electron chi connectivity index (χ4n) is 3.75. The maximum absolute atomic E-state index is 12.7. The van der Waals surface area contributed by atoms with Gasteiger partial charge in [0.05, 0.1) is 6.04 Å². The fraction of sp³-hybridized carbons (Fsp3) is 0.292. The number of rotatable bonds is 5. The summed E-state index contributed by atoms with van der Waals surface area (Å²) in [6.45, 7) is 3.22. The van der Waals surface area contributed by atoms with E-state index in [2.05, 4.69) is 16.4 Å². The second-order valence-corrected chi connectivity index (χ2v) is 7.49. The number of carbonyl (C=O) groups is 2. The molecule has 2 atom stereocenters. The quantitative estimate of drug-likeness (QED) is 0.638. The van der Waals surface area contributed by atoms with Crippen LogP contribution in [-0.2, 0) is 16.0 Å². The molecule has 1 aromatic heterocycles. The van der Waals surface area contributed by atoms with Crippen LogP contribution in [-0.4, -0.2) is 23.0 Å². The van der Waals surface area contributed by atoms with Crippen LogP contribution < -0.4 is 5.32 Å². The number of aromatic nitrogens is 1. The Labute approximate surface area is 175 Å². The zero-order chi connectivity index (χ0) is 21.1. The Balaban J connectivity index is 1.42. The number of esters is 1. The average molecular weight is 404 g/mol. The molecule has 1 heterocycles. The van der Waals surface area contributed by atoms with Gasteiger partial charge in [0.25, 0.3) is 5.91 Å². The van der Waals surface area contributed by atoms with E-state index >= 15 is 0 Å². The van der Waals surface area contributed by atoms with Crippen molar-refractivity contribution in [3.8, 4) is 11.5 Å². The maximum Gasteiger partial charge on any atom is 0.361 e. The number of hydrogen-bond acceptors (Lipinski definition) is 5. The predicted molar refractivity (Wildman–Crippen MR) is 112 cm³/mol. The van der Waals surface area contributed by atoms with Crippen molar-refractivity contribution in [3.63, 3.8) is 0 Å². The summed E-state index contributed by atoms with van der Waals surface area (Å²) in [5.41, 5.74) is 3.23. The Kier molecular flexibility index (Phi) is 5.65. The number of benzene rings is 2. The van der Waals surface area contributed by atoms with Gasteiger partial charge in [0.2, 0.25) is 5.89 Å². The number of nitrogens with zero attached hydrogens (tertiary/aromatic N) is 1. The minimum Gasteiger partial charge on any atom is -0.448 e. The van der Waals surface area contributed by atoms with Crippen LogP contribution in [0.4, 0.5) is 0 Å². The second kappa shape index (κ2) is 8.53. The van der Waals surface area contributed by atoms with Crippen molar-refractivity contribution < 1.29 is 18.7 Å². The Morgan fingerprint density at radius 1 is 1.13 bits per heavy atom. The van der Waals surface area contributed by atoms with Crippen molar-refractivity contribution in [2.45, 2.75) is 45.3 Å². The van der Waals surface area contributed by atoms with Crippen molar-refractivity contribution in [1.29, 1.82) is 0 Å². The first-order valence-electron chi connectivity index (χ1n) is 10.1. The van der Waals surface area contributed by atoms with Crippen molar-refractivity contribution in [3.05, 3.63) is 77.2 Å². The summed E-state index contributed by atoms with van der Waals surface area (Å²) in [7, 11) is 0. The molecule has 6 heteroatoms. The third-order valence-corrected chi connectivity index (χ3v) is 5.35. The number of carbonyl (C=O) groups excluding carboxylic acids is 2. The third-order valence-electron chi connectivity index (χ3n) is 5.35. The second-order valence-electron chi connectivity index (χ2n) is 7.49. The molecule has 2 aromatic carbocycles. The first kappa shape index (κ1) is 19.9. The molecule has 0 unspecified atom stereocenters. The summed E-state index contributed by atoms with van der Waals surface area (Å²) in [5, 5.41) is 3.02. The van der Waals surface area contributed by atoms with E-state index < -0.39 is 12.1 Å². The molecule has 0 spiro atoms. The highest BCUT2D eigenvalue weighted by Gasteiger charge is 2.27. The number of amides is 1. The number of aryl methyl sites for hydroxylation is 2. The summed E-state index contributed by atoms with van der Waals surface area (Å²) in [4.78, 5) is 29.5. The van der Waals surface area contributed by atoms with Gasteiger partial charge in [-0.3, -0.25) is 4.79 Å². The topological polar surface area (TPSA) is 81.4 Å². The lowest BCUT2D eigenvalue weighted by Crippen LogP contribution is -2.39. The number of nitrogens with one attached hydrogen (secondary N) is 1. The highest BCUT2D eigenvalue weighted by atomic mass is 16.5. The lowest BCUT2D eigenvalue weighted by Gasteiger charge is -2.27. The Hall–Kier alpha value is -3.41. The highest BCUT2D eigenvalue weighted by molar-refractivity contribution is 5.92. The van der Waals surface area contributed by atoms with Gasteiger partial charge in [0, 0.05) is 5.56 Å². The van der Waals surface area contributed by atoms with E-state index in [0.29, 0.717) is 11.7 Å². The van der Waals surface area contributed by atoms with E-state index in [4.69, 9.17) is 9.15 Å². The fourth-order valence-corrected chi connectivity index (χ4v) is 3.75. The maximum atomic E-state index is 12.7. The number of ether oxygens (including phenoxy) is 1. The summed E-state index contributed by atoms with van der Waals surface area (Å²) < 4.78 is 11.0. The van der Waals surface area contributed by atoms with Crippen molar-refractivity contribution >= 4 is 11.9 Å². The van der Waals surface area contributed by atoms with Gasteiger partial charge in [0.1, 0.15) is 5.76 Å². The van der Waals surface area contributed by atoms with E-state index in [1.807, 2.05) is 48.5 Å². The predicted octanol–water partition coefficient (Wildman–Crippen LogP) is 4.39. The number of oxazole rings is 1. The largest absolute Gasteiger partial charge is 0.448 e. The SMILES string of the molecule is Cc1oc(-c2ccccc2)nc1C(=O)O[C@H](C)C(=O)N[C@@H]1CCCc2ccccc21. The normalized spacial score (nSPS) is 16.4. The van der Waals surface area contributed by atoms with Crippen LogP contribution in [0.3, 0.4) is 0 Å². The van der Waals surface area contributed by atoms with Crippen LogP contribution in [0.2, 0.25) is 0 Å². The molecular formula is C24H24N2O4. The molecule has 6 nitrogen and oxygen atoms in total. The summed E-state index contributed by atoms with van der Waals surface area (Å²) >= 11 is 0. The highest BCUT2D eigenvalue weighted by Crippen LogP contribution is 2.29. The molecule has 0 bridgehead atoms. The molecule has 4 rings (SSSR count). The van der Waals surface area contributed by atoms with Crippen LogP contribution in [0.5, 0.6) is 0 Å². The molecule has 1 amide bonds. The smallest absolute Gasteiger partial charge is 0.361 e. The Bertz CT molecular complexity index is 1060. The molecule has 1 N–H and O–H groups in total. The van der Waals surface area contributed by atoms with Crippen LogP contribution in [0.25, 0.3) is 11.5 Å². The van der Waals surface area contributed by atoms with Gasteiger partial charge < -0.3 is 14.5 Å². The lowest BCUT2D eigenvalue weighted by atomic mass is 9.87. The molecule has 3 aromatic rings. The molecule has 0 saturated carbocycles. The van der Waals surface area contributed by atoms with E-state index in [0.717, 1.165) is 30.4 Å². The van der Waals surface area contributed by atoms with Crippen LogP contribution in [0, 0.1) is 6.92 Å². The van der Waals surface area contributed by atoms with Crippen LogP contribution in [0.1, 0.15) is 53.2 Å². The molecule has 30 heavy (non-hydrogen) atoms. The standard InChI is InChI=1S/C24H24N2O4/c1-15-21(26-23(29-15)18-10-4-3-5-11-18)24(28)30-16(2)22(27)25-20-14-8-12-17-9-6-7-13-19(17)20/h3-7,9-11,13,16,20H,8,12,14H2,1-2H3,(H,25,27)/t16-,20-/m1/s1. The molecule has 154 valence electrons. The molecule has 1 aliphatic carbocycles. The van der Waals surface area contributed by atoms with Gasteiger partial charge >= 0.3 is 5.97 Å². The first-order chi connectivity index (χ1) is 14.5. The monoisotopic (exact) mass is 404 g/mol.